The van der Waals surface area contributed by atoms with Gasteiger partial charge in [-0.2, -0.15) is 5.01 Å². The first-order valence-electron chi connectivity index (χ1n) is 10.2. The number of amides is 4. The predicted molar refractivity (Wildman–Crippen MR) is 108 cm³/mol. The largest absolute Gasteiger partial charge is 0.468 e. The van der Waals surface area contributed by atoms with Crippen LogP contribution in [0.25, 0.3) is 0 Å². The van der Waals surface area contributed by atoms with Crippen LogP contribution in [0.2, 0.25) is 0 Å². The van der Waals surface area contributed by atoms with Crippen molar-refractivity contribution in [2.24, 2.45) is 0 Å². The van der Waals surface area contributed by atoms with Crippen molar-refractivity contribution < 1.29 is 23.9 Å². The summed E-state index contributed by atoms with van der Waals surface area (Å²) in [6, 6.07) is 8.97. The number of nitrogens with zero attached hydrogens (tertiary/aromatic N) is 2. The fourth-order valence-electron chi connectivity index (χ4n) is 3.96. The van der Waals surface area contributed by atoms with Gasteiger partial charge < -0.3 is 10.1 Å². The topological polar surface area (TPSA) is 108 Å². The summed E-state index contributed by atoms with van der Waals surface area (Å²) in [7, 11) is 1.31. The zero-order valence-electron chi connectivity index (χ0n) is 17.2. The summed E-state index contributed by atoms with van der Waals surface area (Å²) in [5.74, 6) is -1.26. The van der Waals surface area contributed by atoms with Crippen LogP contribution in [0, 0.1) is 0 Å². The summed E-state index contributed by atoms with van der Waals surface area (Å²) in [5, 5.41) is 3.56. The van der Waals surface area contributed by atoms with Crippen molar-refractivity contribution in [2.75, 3.05) is 20.2 Å². The minimum atomic E-state index is -0.882. The number of methoxy groups -OCH3 is 1. The van der Waals surface area contributed by atoms with E-state index in [-0.39, 0.29) is 19.5 Å². The van der Waals surface area contributed by atoms with Crippen LogP contribution in [0.3, 0.4) is 0 Å². The molecule has 30 heavy (non-hydrogen) atoms. The second-order valence-electron chi connectivity index (χ2n) is 7.77. The molecule has 4 amide bonds. The van der Waals surface area contributed by atoms with E-state index in [1.165, 1.54) is 7.11 Å². The standard InChI is InChI=1S/C21H28N4O5/c1-30-18(27)15-24(14-16-8-4-2-5-9-16)13-10-17(26)23-25-19(28)21(22-20(25)29)11-6-3-7-12-21/h2,4-5,8-9H,3,6-7,10-15H2,1H3,(H,22,29)(H,23,26). The molecular formula is C21H28N4O5. The van der Waals surface area contributed by atoms with Crippen molar-refractivity contribution in [3.05, 3.63) is 35.9 Å². The van der Waals surface area contributed by atoms with Gasteiger partial charge in [0, 0.05) is 19.5 Å². The molecule has 0 aromatic heterocycles. The average Bonchev–Trinajstić information content (AvgIpc) is 2.97. The van der Waals surface area contributed by atoms with Crippen molar-refractivity contribution >= 4 is 23.8 Å². The summed E-state index contributed by atoms with van der Waals surface area (Å²) in [5.41, 5.74) is 2.54. The van der Waals surface area contributed by atoms with E-state index in [2.05, 4.69) is 10.7 Å². The molecule has 0 atom stereocenters. The molecule has 3 rings (SSSR count). The molecule has 1 aromatic rings. The molecule has 0 radical (unpaired) electrons. The molecule has 1 saturated carbocycles. The lowest BCUT2D eigenvalue weighted by molar-refractivity contribution is -0.142. The Balaban J connectivity index is 1.56. The van der Waals surface area contributed by atoms with Crippen LogP contribution in [0.15, 0.2) is 30.3 Å². The van der Waals surface area contributed by atoms with E-state index in [1.54, 1.807) is 4.90 Å². The number of imide groups is 1. The smallest absolute Gasteiger partial charge is 0.344 e. The Morgan fingerprint density at radius 2 is 1.87 bits per heavy atom. The monoisotopic (exact) mass is 416 g/mol. The fraction of sp³-hybridized carbons (Fsp3) is 0.524. The van der Waals surface area contributed by atoms with Gasteiger partial charge in [-0.3, -0.25) is 24.7 Å². The Bertz CT molecular complexity index is 792. The van der Waals surface area contributed by atoms with Gasteiger partial charge in [0.1, 0.15) is 5.54 Å². The number of ether oxygens (including phenoxy) is 1. The third-order valence-electron chi connectivity index (χ3n) is 5.59. The molecule has 9 heteroatoms. The van der Waals surface area contributed by atoms with Gasteiger partial charge in [0.25, 0.3) is 5.91 Å². The van der Waals surface area contributed by atoms with Gasteiger partial charge in [0.05, 0.1) is 13.7 Å². The minimum Gasteiger partial charge on any atom is -0.468 e. The lowest BCUT2D eigenvalue weighted by Gasteiger charge is -2.30. The highest BCUT2D eigenvalue weighted by molar-refractivity contribution is 6.08. The van der Waals surface area contributed by atoms with Crippen LogP contribution in [0.5, 0.6) is 0 Å². The van der Waals surface area contributed by atoms with Gasteiger partial charge in [0.15, 0.2) is 0 Å². The van der Waals surface area contributed by atoms with Crippen LogP contribution in [-0.2, 0) is 25.7 Å². The molecule has 1 aromatic carbocycles. The van der Waals surface area contributed by atoms with Gasteiger partial charge >= 0.3 is 12.0 Å². The molecule has 0 unspecified atom stereocenters. The third-order valence-corrected chi connectivity index (χ3v) is 5.59. The number of rotatable bonds is 8. The number of benzene rings is 1. The molecule has 1 aliphatic carbocycles. The van der Waals surface area contributed by atoms with Crippen molar-refractivity contribution in [1.29, 1.82) is 0 Å². The maximum atomic E-state index is 12.7. The Labute approximate surface area is 175 Å². The molecule has 2 N–H and O–H groups in total. The SMILES string of the molecule is COC(=O)CN(CCC(=O)NN1C(=O)NC2(CCCCC2)C1=O)Cc1ccccc1. The maximum absolute atomic E-state index is 12.7. The van der Waals surface area contributed by atoms with Crippen molar-refractivity contribution in [3.8, 4) is 0 Å². The van der Waals surface area contributed by atoms with Gasteiger partial charge in [-0.05, 0) is 18.4 Å². The second kappa shape index (κ2) is 9.71. The summed E-state index contributed by atoms with van der Waals surface area (Å²) in [4.78, 5) is 51.0. The number of hydrogen-bond acceptors (Lipinski definition) is 6. The fourth-order valence-corrected chi connectivity index (χ4v) is 3.96. The van der Waals surface area contributed by atoms with E-state index in [0.717, 1.165) is 29.8 Å². The first-order chi connectivity index (χ1) is 14.4. The molecular weight excluding hydrogens is 388 g/mol. The highest BCUT2D eigenvalue weighted by Crippen LogP contribution is 2.32. The Morgan fingerprint density at radius 3 is 2.53 bits per heavy atom. The highest BCUT2D eigenvalue weighted by atomic mass is 16.5. The lowest BCUT2D eigenvalue weighted by atomic mass is 9.82. The third kappa shape index (κ3) is 5.15. The van der Waals surface area contributed by atoms with E-state index in [1.807, 2.05) is 30.3 Å². The molecule has 9 nitrogen and oxygen atoms in total. The first-order valence-corrected chi connectivity index (χ1v) is 10.2. The Morgan fingerprint density at radius 1 is 1.17 bits per heavy atom. The van der Waals surface area contributed by atoms with Crippen molar-refractivity contribution in [1.82, 2.24) is 20.7 Å². The normalized spacial score (nSPS) is 17.9. The van der Waals surface area contributed by atoms with Crippen LogP contribution in [0.1, 0.15) is 44.1 Å². The molecule has 2 fully saturated rings. The first kappa shape index (κ1) is 21.8. The van der Waals surface area contributed by atoms with E-state index in [0.29, 0.717) is 19.4 Å². The lowest BCUT2D eigenvalue weighted by Crippen LogP contribution is -2.51. The quantitative estimate of drug-likeness (QED) is 0.489. The Hall–Kier alpha value is -2.94. The number of hydrazine groups is 1. The zero-order valence-corrected chi connectivity index (χ0v) is 17.2. The van der Waals surface area contributed by atoms with Crippen molar-refractivity contribution in [3.63, 3.8) is 0 Å². The molecule has 1 saturated heterocycles. The molecule has 162 valence electrons. The Kier molecular flexibility index (Phi) is 7.04. The summed E-state index contributed by atoms with van der Waals surface area (Å²) < 4.78 is 4.74. The molecule has 1 aliphatic heterocycles. The van der Waals surface area contributed by atoms with Crippen LogP contribution >= 0.6 is 0 Å². The summed E-state index contributed by atoms with van der Waals surface area (Å²) in [6.45, 7) is 0.769. The van der Waals surface area contributed by atoms with Crippen LogP contribution < -0.4 is 10.7 Å². The average molecular weight is 416 g/mol. The second-order valence-corrected chi connectivity index (χ2v) is 7.77. The molecule has 1 heterocycles. The summed E-state index contributed by atoms with van der Waals surface area (Å²) >= 11 is 0. The number of esters is 1. The van der Waals surface area contributed by atoms with E-state index in [4.69, 9.17) is 4.74 Å². The van der Waals surface area contributed by atoms with Crippen molar-refractivity contribution in [2.45, 2.75) is 50.6 Å². The van der Waals surface area contributed by atoms with Gasteiger partial charge in [-0.15, -0.1) is 0 Å². The van der Waals surface area contributed by atoms with E-state index in [9.17, 15) is 19.2 Å². The molecule has 0 bridgehead atoms. The van der Waals surface area contributed by atoms with E-state index < -0.39 is 29.4 Å². The number of hydrogen-bond donors (Lipinski definition) is 2. The van der Waals surface area contributed by atoms with E-state index >= 15 is 0 Å². The van der Waals surface area contributed by atoms with Gasteiger partial charge in [-0.1, -0.05) is 49.6 Å². The predicted octanol–water partition coefficient (Wildman–Crippen LogP) is 1.34. The highest BCUT2D eigenvalue weighted by Gasteiger charge is 2.52. The van der Waals surface area contributed by atoms with Gasteiger partial charge in [-0.25, -0.2) is 4.79 Å². The number of carbonyl (C=O) groups is 4. The number of urea groups is 1. The molecule has 2 aliphatic rings. The maximum Gasteiger partial charge on any atom is 0.344 e. The van der Waals surface area contributed by atoms with Gasteiger partial charge in [0.2, 0.25) is 5.91 Å². The number of carbonyl (C=O) groups excluding carboxylic acids is 4. The number of nitrogens with one attached hydrogen (secondary N) is 2. The molecule has 1 spiro atoms. The zero-order chi connectivity index (χ0) is 21.6. The van der Waals surface area contributed by atoms with Crippen LogP contribution in [-0.4, -0.2) is 59.5 Å². The van der Waals surface area contributed by atoms with Crippen LogP contribution in [0.4, 0.5) is 4.79 Å². The summed E-state index contributed by atoms with van der Waals surface area (Å²) in [6.07, 6.45) is 3.98. The minimum absolute atomic E-state index is 0.0217.